The van der Waals surface area contributed by atoms with Gasteiger partial charge in [-0.05, 0) is 36.7 Å². The van der Waals surface area contributed by atoms with Crippen LogP contribution in [0, 0.1) is 22.9 Å². The average Bonchev–Trinajstić information content (AvgIpc) is 2.62. The van der Waals surface area contributed by atoms with E-state index in [9.17, 15) is 19.3 Å². The lowest BCUT2D eigenvalue weighted by Crippen LogP contribution is -2.33. The van der Waals surface area contributed by atoms with Gasteiger partial charge in [0, 0.05) is 12.6 Å². The summed E-state index contributed by atoms with van der Waals surface area (Å²) in [4.78, 5) is 24.8. The molecule has 0 aliphatic heterocycles. The maximum absolute atomic E-state index is 13.8. The van der Waals surface area contributed by atoms with E-state index in [1.807, 2.05) is 6.92 Å². The van der Waals surface area contributed by atoms with Gasteiger partial charge in [0.1, 0.15) is 5.69 Å². The zero-order valence-corrected chi connectivity index (χ0v) is 15.5. The highest BCUT2D eigenvalue weighted by Gasteiger charge is 2.19. The van der Waals surface area contributed by atoms with Gasteiger partial charge in [-0.1, -0.05) is 25.1 Å². The van der Waals surface area contributed by atoms with E-state index < -0.39 is 10.7 Å². The molecule has 144 valence electrons. The molecule has 0 aromatic heterocycles. The second kappa shape index (κ2) is 9.09. The lowest BCUT2D eigenvalue weighted by molar-refractivity contribution is -0.384. The fourth-order valence-electron chi connectivity index (χ4n) is 2.70. The summed E-state index contributed by atoms with van der Waals surface area (Å²) >= 11 is 0. The molecular formula is C19H22FN3O4. The zero-order valence-electron chi connectivity index (χ0n) is 15.5. The van der Waals surface area contributed by atoms with Crippen LogP contribution in [0.5, 0.6) is 5.75 Å². The van der Waals surface area contributed by atoms with Crippen molar-refractivity contribution in [2.45, 2.75) is 20.4 Å². The third kappa shape index (κ3) is 5.24. The van der Waals surface area contributed by atoms with Crippen molar-refractivity contribution < 1.29 is 18.8 Å². The highest BCUT2D eigenvalue weighted by molar-refractivity contribution is 5.95. The second-order valence-corrected chi connectivity index (χ2v) is 6.05. The van der Waals surface area contributed by atoms with E-state index >= 15 is 0 Å². The molecule has 0 spiro atoms. The van der Waals surface area contributed by atoms with Crippen LogP contribution in [0.1, 0.15) is 18.1 Å². The third-order valence-corrected chi connectivity index (χ3v) is 4.15. The first kappa shape index (κ1) is 20.3. The second-order valence-electron chi connectivity index (χ2n) is 6.05. The Labute approximate surface area is 156 Å². The van der Waals surface area contributed by atoms with Gasteiger partial charge in [0.05, 0.1) is 18.6 Å². The summed E-state index contributed by atoms with van der Waals surface area (Å²) in [5, 5.41) is 13.8. The normalized spacial score (nSPS) is 10.7. The molecule has 27 heavy (non-hydrogen) atoms. The van der Waals surface area contributed by atoms with Crippen molar-refractivity contribution in [3.63, 3.8) is 0 Å². The quantitative estimate of drug-likeness (QED) is 0.564. The van der Waals surface area contributed by atoms with Crippen molar-refractivity contribution in [3.05, 3.63) is 63.5 Å². The van der Waals surface area contributed by atoms with Gasteiger partial charge in [0.15, 0.2) is 11.6 Å². The summed E-state index contributed by atoms with van der Waals surface area (Å²) in [6.45, 7) is 4.51. The molecule has 2 aromatic rings. The Balaban J connectivity index is 2.08. The van der Waals surface area contributed by atoms with Gasteiger partial charge in [0.25, 0.3) is 5.69 Å². The number of carbonyl (C=O) groups is 1. The van der Waals surface area contributed by atoms with E-state index in [0.29, 0.717) is 24.2 Å². The minimum Gasteiger partial charge on any atom is -0.494 e. The number of aryl methyl sites for hydroxylation is 1. The molecule has 0 bridgehead atoms. The maximum Gasteiger partial charge on any atom is 0.293 e. The number of para-hydroxylation sites is 1. The minimum absolute atomic E-state index is 0.0234. The van der Waals surface area contributed by atoms with E-state index in [4.69, 9.17) is 4.74 Å². The van der Waals surface area contributed by atoms with E-state index in [1.54, 1.807) is 30.0 Å². The van der Waals surface area contributed by atoms with E-state index in [1.165, 1.54) is 25.3 Å². The van der Waals surface area contributed by atoms with Crippen LogP contribution in [0.2, 0.25) is 0 Å². The Kier molecular flexibility index (Phi) is 6.84. The number of methoxy groups -OCH3 is 1. The van der Waals surface area contributed by atoms with Crippen molar-refractivity contribution in [3.8, 4) is 5.75 Å². The minimum atomic E-state index is -0.527. The Morgan fingerprint density at radius 1 is 1.33 bits per heavy atom. The van der Waals surface area contributed by atoms with Crippen LogP contribution >= 0.6 is 0 Å². The number of anilines is 1. The number of carbonyl (C=O) groups excluding carboxylic acids is 1. The van der Waals surface area contributed by atoms with Gasteiger partial charge in [-0.15, -0.1) is 0 Å². The standard InChI is InChI=1S/C19H22FN3O4/c1-4-22(11-14-8-9-17(27-3)15(20)10-14)12-18(24)21-19-13(2)6-5-7-16(19)23(25)26/h5-10H,4,11-12H2,1-3H3,(H,21,24). The topological polar surface area (TPSA) is 84.7 Å². The smallest absolute Gasteiger partial charge is 0.293 e. The number of nitrogens with one attached hydrogen (secondary N) is 1. The van der Waals surface area contributed by atoms with Crippen LogP contribution in [0.25, 0.3) is 0 Å². The maximum atomic E-state index is 13.8. The number of nitro benzene ring substituents is 1. The third-order valence-electron chi connectivity index (χ3n) is 4.15. The molecule has 0 unspecified atom stereocenters. The van der Waals surface area contributed by atoms with E-state index in [-0.39, 0.29) is 29.6 Å². The highest BCUT2D eigenvalue weighted by atomic mass is 19.1. The number of halogens is 1. The van der Waals surface area contributed by atoms with Crippen LogP contribution in [-0.4, -0.2) is 35.9 Å². The average molecular weight is 375 g/mol. The van der Waals surface area contributed by atoms with Crippen molar-refractivity contribution in [2.75, 3.05) is 25.5 Å². The number of amides is 1. The summed E-state index contributed by atoms with van der Waals surface area (Å²) in [5.41, 5.74) is 1.35. The largest absolute Gasteiger partial charge is 0.494 e. The number of hydrogen-bond acceptors (Lipinski definition) is 5. The predicted molar refractivity (Wildman–Crippen MR) is 100 cm³/mol. The molecule has 0 aliphatic rings. The highest BCUT2D eigenvalue weighted by Crippen LogP contribution is 2.27. The number of likely N-dealkylation sites (N-methyl/N-ethyl adjacent to an activating group) is 1. The molecule has 0 aliphatic carbocycles. The summed E-state index contributed by atoms with van der Waals surface area (Å²) < 4.78 is 18.7. The van der Waals surface area contributed by atoms with Gasteiger partial charge in [-0.25, -0.2) is 4.39 Å². The van der Waals surface area contributed by atoms with Crippen molar-refractivity contribution in [2.24, 2.45) is 0 Å². The molecule has 1 amide bonds. The molecule has 0 heterocycles. The first-order chi connectivity index (χ1) is 12.8. The lowest BCUT2D eigenvalue weighted by Gasteiger charge is -2.20. The molecule has 0 saturated carbocycles. The van der Waals surface area contributed by atoms with Gasteiger partial charge in [-0.2, -0.15) is 0 Å². The molecule has 7 nitrogen and oxygen atoms in total. The van der Waals surface area contributed by atoms with Crippen LogP contribution in [0.15, 0.2) is 36.4 Å². The Hall–Kier alpha value is -3.00. The Morgan fingerprint density at radius 2 is 2.07 bits per heavy atom. The van der Waals surface area contributed by atoms with Crippen LogP contribution in [0.4, 0.5) is 15.8 Å². The molecule has 0 atom stereocenters. The zero-order chi connectivity index (χ0) is 20.0. The number of nitro groups is 1. The Bertz CT molecular complexity index is 842. The molecule has 2 rings (SSSR count). The molecular weight excluding hydrogens is 353 g/mol. The van der Waals surface area contributed by atoms with Crippen LogP contribution in [-0.2, 0) is 11.3 Å². The molecule has 0 radical (unpaired) electrons. The molecule has 2 aromatic carbocycles. The SMILES string of the molecule is CCN(CC(=O)Nc1c(C)cccc1[N+](=O)[O-])Cc1ccc(OC)c(F)c1. The molecule has 1 N–H and O–H groups in total. The number of ether oxygens (including phenoxy) is 1. The fraction of sp³-hybridized carbons (Fsp3) is 0.316. The predicted octanol–water partition coefficient (Wildman–Crippen LogP) is 3.51. The van der Waals surface area contributed by atoms with Gasteiger partial charge in [0.2, 0.25) is 5.91 Å². The van der Waals surface area contributed by atoms with Gasteiger partial charge >= 0.3 is 0 Å². The Morgan fingerprint density at radius 3 is 2.67 bits per heavy atom. The van der Waals surface area contributed by atoms with E-state index in [2.05, 4.69) is 5.32 Å². The first-order valence-electron chi connectivity index (χ1n) is 8.44. The van der Waals surface area contributed by atoms with Gasteiger partial charge < -0.3 is 10.1 Å². The number of nitrogens with zero attached hydrogens (tertiary/aromatic N) is 2. The van der Waals surface area contributed by atoms with Gasteiger partial charge in [-0.3, -0.25) is 19.8 Å². The summed E-state index contributed by atoms with van der Waals surface area (Å²) in [7, 11) is 1.39. The summed E-state index contributed by atoms with van der Waals surface area (Å²) in [6, 6.07) is 9.25. The summed E-state index contributed by atoms with van der Waals surface area (Å²) in [6.07, 6.45) is 0. The molecule has 0 saturated heterocycles. The number of benzene rings is 2. The molecule has 0 fully saturated rings. The number of rotatable bonds is 8. The van der Waals surface area contributed by atoms with Crippen molar-refractivity contribution in [1.82, 2.24) is 4.90 Å². The lowest BCUT2D eigenvalue weighted by atomic mass is 10.1. The van der Waals surface area contributed by atoms with E-state index in [0.717, 1.165) is 0 Å². The monoisotopic (exact) mass is 375 g/mol. The van der Waals surface area contributed by atoms with Crippen molar-refractivity contribution in [1.29, 1.82) is 0 Å². The number of hydrogen-bond donors (Lipinski definition) is 1. The summed E-state index contributed by atoms with van der Waals surface area (Å²) in [5.74, 6) is -0.680. The first-order valence-corrected chi connectivity index (χ1v) is 8.44. The van der Waals surface area contributed by atoms with Crippen LogP contribution < -0.4 is 10.1 Å². The molecule has 8 heteroatoms. The fourth-order valence-corrected chi connectivity index (χ4v) is 2.70. The van der Waals surface area contributed by atoms with Crippen molar-refractivity contribution >= 4 is 17.3 Å². The van der Waals surface area contributed by atoms with Crippen LogP contribution in [0.3, 0.4) is 0 Å².